The van der Waals surface area contributed by atoms with Gasteiger partial charge in [0.05, 0.1) is 0 Å². The van der Waals surface area contributed by atoms with Crippen LogP contribution in [-0.2, 0) is 10.0 Å². The summed E-state index contributed by atoms with van der Waals surface area (Å²) in [7, 11) is -3.68. The molecular formula is C12H18BrN3O3S. The van der Waals surface area contributed by atoms with E-state index in [2.05, 4.69) is 20.9 Å². The van der Waals surface area contributed by atoms with Gasteiger partial charge in [-0.2, -0.15) is 4.31 Å². The van der Waals surface area contributed by atoms with E-state index in [0.717, 1.165) is 19.3 Å². The normalized spacial score (nSPS) is 21.0. The number of piperidine rings is 1. The van der Waals surface area contributed by atoms with E-state index in [1.54, 1.807) is 0 Å². The lowest BCUT2D eigenvalue weighted by Crippen LogP contribution is -2.44. The molecule has 6 nitrogen and oxygen atoms in total. The zero-order valence-electron chi connectivity index (χ0n) is 11.0. The number of pyridine rings is 1. The number of nitrogen functional groups attached to an aromatic ring is 1. The minimum atomic E-state index is -3.68. The van der Waals surface area contributed by atoms with Crippen molar-refractivity contribution in [3.63, 3.8) is 0 Å². The largest absolute Gasteiger partial charge is 0.396 e. The van der Waals surface area contributed by atoms with Gasteiger partial charge in [-0.15, -0.1) is 0 Å². The highest BCUT2D eigenvalue weighted by Crippen LogP contribution is 2.30. The van der Waals surface area contributed by atoms with E-state index in [4.69, 9.17) is 10.8 Å². The Balaban J connectivity index is 2.39. The molecule has 0 saturated carbocycles. The van der Waals surface area contributed by atoms with Crippen molar-refractivity contribution in [2.45, 2.75) is 36.6 Å². The van der Waals surface area contributed by atoms with E-state index in [-0.39, 0.29) is 23.4 Å². The van der Waals surface area contributed by atoms with Crippen LogP contribution < -0.4 is 5.73 Å². The molecular weight excluding hydrogens is 346 g/mol. The van der Waals surface area contributed by atoms with E-state index < -0.39 is 10.0 Å². The molecule has 0 radical (unpaired) electrons. The first-order valence-corrected chi connectivity index (χ1v) is 8.74. The fourth-order valence-corrected chi connectivity index (χ4v) is 4.79. The minimum Gasteiger partial charge on any atom is -0.396 e. The maximum Gasteiger partial charge on any atom is 0.247 e. The van der Waals surface area contributed by atoms with Crippen molar-refractivity contribution in [3.05, 3.63) is 16.7 Å². The predicted octanol–water partition coefficient (Wildman–Crippen LogP) is 1.35. The van der Waals surface area contributed by atoms with Crippen LogP contribution in [0.2, 0.25) is 0 Å². The number of aliphatic hydroxyl groups excluding tert-OH is 1. The first kappa shape index (κ1) is 15.7. The maximum absolute atomic E-state index is 12.7. The highest BCUT2D eigenvalue weighted by molar-refractivity contribution is 9.10. The molecule has 1 unspecified atom stereocenters. The molecule has 1 aliphatic heterocycles. The first-order valence-electron chi connectivity index (χ1n) is 6.50. The molecule has 0 bridgehead atoms. The Morgan fingerprint density at radius 3 is 2.95 bits per heavy atom. The summed E-state index contributed by atoms with van der Waals surface area (Å²) in [4.78, 5) is 3.91. The van der Waals surface area contributed by atoms with Crippen molar-refractivity contribution in [2.75, 3.05) is 18.9 Å². The lowest BCUT2D eigenvalue weighted by Gasteiger charge is -2.34. The highest BCUT2D eigenvalue weighted by Gasteiger charge is 2.34. The molecule has 20 heavy (non-hydrogen) atoms. The summed E-state index contributed by atoms with van der Waals surface area (Å²) >= 11 is 3.22. The van der Waals surface area contributed by atoms with Gasteiger partial charge in [-0.3, -0.25) is 0 Å². The van der Waals surface area contributed by atoms with E-state index in [1.165, 1.54) is 16.6 Å². The number of rotatable bonds is 4. The molecule has 3 N–H and O–H groups in total. The number of hydrogen-bond acceptors (Lipinski definition) is 5. The Morgan fingerprint density at radius 2 is 2.25 bits per heavy atom. The van der Waals surface area contributed by atoms with Gasteiger partial charge in [-0.05, 0) is 41.3 Å². The third kappa shape index (κ3) is 3.13. The number of sulfonamides is 1. The molecule has 1 fully saturated rings. The number of aromatic nitrogens is 1. The van der Waals surface area contributed by atoms with Crippen molar-refractivity contribution >= 4 is 31.8 Å². The van der Waals surface area contributed by atoms with Crippen LogP contribution in [0.5, 0.6) is 0 Å². The molecule has 112 valence electrons. The second kappa shape index (κ2) is 6.38. The second-order valence-corrected chi connectivity index (χ2v) is 7.59. The molecule has 1 aliphatic rings. The van der Waals surface area contributed by atoms with Crippen molar-refractivity contribution in [1.29, 1.82) is 0 Å². The zero-order chi connectivity index (χ0) is 14.8. The summed E-state index contributed by atoms with van der Waals surface area (Å²) < 4.78 is 27.5. The zero-order valence-corrected chi connectivity index (χ0v) is 13.4. The molecule has 1 atom stereocenters. The Hall–Kier alpha value is -0.700. The molecule has 2 rings (SSSR count). The van der Waals surface area contributed by atoms with Crippen molar-refractivity contribution in [2.24, 2.45) is 0 Å². The molecule has 1 aromatic rings. The van der Waals surface area contributed by atoms with Crippen LogP contribution in [0.15, 0.2) is 21.6 Å². The van der Waals surface area contributed by atoms with E-state index >= 15 is 0 Å². The monoisotopic (exact) mass is 363 g/mol. The van der Waals surface area contributed by atoms with E-state index in [1.807, 2.05) is 0 Å². The van der Waals surface area contributed by atoms with E-state index in [0.29, 0.717) is 17.4 Å². The third-order valence-electron chi connectivity index (χ3n) is 3.47. The van der Waals surface area contributed by atoms with Crippen LogP contribution in [0, 0.1) is 0 Å². The number of nitrogens with two attached hydrogens (primary N) is 1. The van der Waals surface area contributed by atoms with Crippen LogP contribution in [0.25, 0.3) is 0 Å². The molecule has 2 heterocycles. The first-order chi connectivity index (χ1) is 9.46. The van der Waals surface area contributed by atoms with Crippen LogP contribution in [0.1, 0.15) is 25.7 Å². The maximum atomic E-state index is 12.7. The molecule has 0 aromatic carbocycles. The van der Waals surface area contributed by atoms with Gasteiger partial charge in [0, 0.05) is 29.9 Å². The summed E-state index contributed by atoms with van der Waals surface area (Å²) in [5.74, 6) is 0.00141. The Labute approximate surface area is 127 Å². The van der Waals surface area contributed by atoms with Gasteiger partial charge in [-0.1, -0.05) is 6.42 Å². The Kier molecular flexibility index (Phi) is 5.00. The summed E-state index contributed by atoms with van der Waals surface area (Å²) in [6.45, 7) is 0.432. The molecule has 0 spiro atoms. The molecule has 1 saturated heterocycles. The van der Waals surface area contributed by atoms with Crippen LogP contribution in [-0.4, -0.2) is 42.0 Å². The van der Waals surface area contributed by atoms with Gasteiger partial charge in [0.1, 0.15) is 10.7 Å². The fourth-order valence-electron chi connectivity index (χ4n) is 2.49. The quantitative estimate of drug-likeness (QED) is 0.841. The van der Waals surface area contributed by atoms with Crippen molar-refractivity contribution in [1.82, 2.24) is 9.29 Å². The lowest BCUT2D eigenvalue weighted by molar-refractivity contribution is 0.192. The van der Waals surface area contributed by atoms with Gasteiger partial charge >= 0.3 is 0 Å². The number of aliphatic hydroxyl groups is 1. The van der Waals surface area contributed by atoms with Crippen molar-refractivity contribution < 1.29 is 13.5 Å². The molecule has 1 aromatic heterocycles. The number of halogens is 1. The Morgan fingerprint density at radius 1 is 1.50 bits per heavy atom. The summed E-state index contributed by atoms with van der Waals surface area (Å²) in [6.07, 6.45) is 4.48. The van der Waals surface area contributed by atoms with Gasteiger partial charge in [0.2, 0.25) is 10.0 Å². The van der Waals surface area contributed by atoms with Crippen LogP contribution in [0.4, 0.5) is 5.82 Å². The number of anilines is 1. The van der Waals surface area contributed by atoms with E-state index in [9.17, 15) is 8.42 Å². The van der Waals surface area contributed by atoms with Gasteiger partial charge in [-0.25, -0.2) is 13.4 Å². The summed E-state index contributed by atoms with van der Waals surface area (Å²) in [5, 5.41) is 9.11. The van der Waals surface area contributed by atoms with Crippen LogP contribution in [0.3, 0.4) is 0 Å². The highest BCUT2D eigenvalue weighted by atomic mass is 79.9. The van der Waals surface area contributed by atoms with Gasteiger partial charge in [0.15, 0.2) is 0 Å². The fraction of sp³-hybridized carbons (Fsp3) is 0.583. The van der Waals surface area contributed by atoms with Gasteiger partial charge in [0.25, 0.3) is 0 Å². The molecule has 0 aliphatic carbocycles. The average molecular weight is 364 g/mol. The number of nitrogens with zero attached hydrogens (tertiary/aromatic N) is 2. The smallest absolute Gasteiger partial charge is 0.247 e. The van der Waals surface area contributed by atoms with Gasteiger partial charge < -0.3 is 10.8 Å². The minimum absolute atomic E-state index is 0.00141. The van der Waals surface area contributed by atoms with Crippen LogP contribution >= 0.6 is 15.9 Å². The van der Waals surface area contributed by atoms with Crippen molar-refractivity contribution in [3.8, 4) is 0 Å². The topological polar surface area (TPSA) is 96.5 Å². The third-order valence-corrected chi connectivity index (χ3v) is 5.89. The molecule has 8 heteroatoms. The number of hydrogen-bond donors (Lipinski definition) is 2. The lowest BCUT2D eigenvalue weighted by atomic mass is 10.0. The summed E-state index contributed by atoms with van der Waals surface area (Å²) in [5.41, 5.74) is 5.71. The molecule has 0 amide bonds. The Bertz CT molecular complexity index is 577. The predicted molar refractivity (Wildman–Crippen MR) is 79.6 cm³/mol. The second-order valence-electron chi connectivity index (χ2n) is 4.81. The standard InChI is InChI=1S/C12H18BrN3O3S/c13-9-7-11(12(14)15-8-9)20(18,19)16-5-2-1-3-10(16)4-6-17/h7-8,10,17H,1-6H2,(H2,14,15). The summed E-state index contributed by atoms with van der Waals surface area (Å²) in [6, 6.07) is 1.31. The SMILES string of the molecule is Nc1ncc(Br)cc1S(=O)(=O)N1CCCCC1CCO. The average Bonchev–Trinajstić information content (AvgIpc) is 2.42.